The zero-order valence-corrected chi connectivity index (χ0v) is 9.85. The van der Waals surface area contributed by atoms with Crippen LogP contribution in [-0.4, -0.2) is 36.2 Å². The van der Waals surface area contributed by atoms with E-state index in [0.717, 1.165) is 5.69 Å². The van der Waals surface area contributed by atoms with Gasteiger partial charge in [0.05, 0.1) is 24.9 Å². The van der Waals surface area contributed by atoms with Crippen molar-refractivity contribution in [2.45, 2.75) is 25.6 Å². The van der Waals surface area contributed by atoms with Crippen molar-refractivity contribution in [3.8, 4) is 0 Å². The summed E-state index contributed by atoms with van der Waals surface area (Å²) in [5.41, 5.74) is 0.852. The number of carbonyl (C=O) groups excluding carboxylic acids is 1. The van der Waals surface area contributed by atoms with E-state index in [9.17, 15) is 4.79 Å². The van der Waals surface area contributed by atoms with Crippen molar-refractivity contribution in [1.82, 2.24) is 15.6 Å². The summed E-state index contributed by atoms with van der Waals surface area (Å²) < 4.78 is 5.42. The maximum atomic E-state index is 11.9. The Morgan fingerprint density at radius 1 is 1.65 bits per heavy atom. The zero-order chi connectivity index (χ0) is 12.1. The van der Waals surface area contributed by atoms with Crippen LogP contribution in [0.2, 0.25) is 0 Å². The lowest BCUT2D eigenvalue weighted by Crippen LogP contribution is -2.55. The van der Waals surface area contributed by atoms with E-state index in [1.54, 1.807) is 6.20 Å². The molecule has 1 fully saturated rings. The highest BCUT2D eigenvalue weighted by molar-refractivity contribution is 5.82. The molecule has 0 aromatic carbocycles. The number of rotatable bonds is 3. The average Bonchev–Trinajstić information content (AvgIpc) is 2.38. The van der Waals surface area contributed by atoms with E-state index in [4.69, 9.17) is 4.74 Å². The number of pyridine rings is 1. The molecule has 0 aliphatic carbocycles. The minimum absolute atomic E-state index is 0.0390. The minimum Gasteiger partial charge on any atom is -0.375 e. The average molecular weight is 235 g/mol. The van der Waals surface area contributed by atoms with E-state index in [1.807, 2.05) is 25.1 Å². The maximum absolute atomic E-state index is 11.9. The SMILES string of the molecule is C[C@H]1OCCN[C@@H]1C(=O)NCc1ccccn1. The molecule has 5 heteroatoms. The molecule has 1 aliphatic heterocycles. The van der Waals surface area contributed by atoms with Crippen LogP contribution >= 0.6 is 0 Å². The number of ether oxygens (including phenoxy) is 1. The quantitative estimate of drug-likeness (QED) is 0.778. The number of hydrogen-bond donors (Lipinski definition) is 2. The summed E-state index contributed by atoms with van der Waals surface area (Å²) in [5, 5.41) is 6.00. The van der Waals surface area contributed by atoms with Crippen molar-refractivity contribution in [2.75, 3.05) is 13.2 Å². The lowest BCUT2D eigenvalue weighted by atomic mass is 10.1. The van der Waals surface area contributed by atoms with Gasteiger partial charge in [-0.05, 0) is 19.1 Å². The standard InChI is InChI=1S/C12H17N3O2/c1-9-11(14-6-7-17-9)12(16)15-8-10-4-2-3-5-13-10/h2-5,9,11,14H,6-8H2,1H3,(H,15,16)/t9-,11+/m1/s1. The molecule has 0 spiro atoms. The number of nitrogens with zero attached hydrogens (tertiary/aromatic N) is 1. The first kappa shape index (κ1) is 12.0. The van der Waals surface area contributed by atoms with Crippen molar-refractivity contribution in [3.05, 3.63) is 30.1 Å². The molecule has 2 rings (SSSR count). The van der Waals surface area contributed by atoms with E-state index in [0.29, 0.717) is 19.7 Å². The second kappa shape index (κ2) is 5.75. The first-order chi connectivity index (χ1) is 8.27. The Labute approximate surface area is 101 Å². The second-order valence-electron chi connectivity index (χ2n) is 4.05. The van der Waals surface area contributed by atoms with Crippen LogP contribution in [0.5, 0.6) is 0 Å². The molecule has 0 saturated carbocycles. The number of hydrogen-bond acceptors (Lipinski definition) is 4. The normalized spacial score (nSPS) is 24.3. The number of aromatic nitrogens is 1. The zero-order valence-electron chi connectivity index (χ0n) is 9.85. The van der Waals surface area contributed by atoms with Gasteiger partial charge in [0.2, 0.25) is 5.91 Å². The van der Waals surface area contributed by atoms with E-state index < -0.39 is 0 Å². The molecule has 1 amide bonds. The van der Waals surface area contributed by atoms with Gasteiger partial charge >= 0.3 is 0 Å². The molecule has 0 radical (unpaired) electrons. The number of morpholine rings is 1. The molecule has 1 saturated heterocycles. The largest absolute Gasteiger partial charge is 0.375 e. The molecule has 1 aromatic heterocycles. The summed E-state index contributed by atoms with van der Waals surface area (Å²) in [6, 6.07) is 5.37. The van der Waals surface area contributed by atoms with Gasteiger partial charge in [0.15, 0.2) is 0 Å². The summed E-state index contributed by atoms with van der Waals surface area (Å²) in [7, 11) is 0. The van der Waals surface area contributed by atoms with Crippen LogP contribution in [-0.2, 0) is 16.1 Å². The number of nitrogens with one attached hydrogen (secondary N) is 2. The summed E-state index contributed by atoms with van der Waals surface area (Å²) >= 11 is 0. The molecule has 0 unspecified atom stereocenters. The fourth-order valence-electron chi connectivity index (χ4n) is 1.82. The Bertz CT molecular complexity index is 369. The van der Waals surface area contributed by atoms with Crippen LogP contribution in [0.1, 0.15) is 12.6 Å². The summed E-state index contributed by atoms with van der Waals surface area (Å²) in [6.07, 6.45) is 1.62. The van der Waals surface area contributed by atoms with Crippen molar-refractivity contribution in [2.24, 2.45) is 0 Å². The number of carbonyl (C=O) groups is 1. The summed E-state index contributed by atoms with van der Waals surface area (Å²) in [6.45, 7) is 3.72. The van der Waals surface area contributed by atoms with Gasteiger partial charge in [0.1, 0.15) is 6.04 Å². The predicted molar refractivity (Wildman–Crippen MR) is 63.3 cm³/mol. The molecule has 1 aliphatic rings. The molecular formula is C12H17N3O2. The Morgan fingerprint density at radius 2 is 2.53 bits per heavy atom. The maximum Gasteiger partial charge on any atom is 0.240 e. The Balaban J connectivity index is 1.84. The van der Waals surface area contributed by atoms with E-state index >= 15 is 0 Å². The Morgan fingerprint density at radius 3 is 3.24 bits per heavy atom. The van der Waals surface area contributed by atoms with Gasteiger partial charge in [0, 0.05) is 12.7 Å². The van der Waals surface area contributed by atoms with Crippen LogP contribution in [0.15, 0.2) is 24.4 Å². The smallest absolute Gasteiger partial charge is 0.240 e. The Hall–Kier alpha value is -1.46. The molecule has 2 atom stereocenters. The molecule has 17 heavy (non-hydrogen) atoms. The van der Waals surface area contributed by atoms with Gasteiger partial charge in [-0.2, -0.15) is 0 Å². The van der Waals surface area contributed by atoms with E-state index in [2.05, 4.69) is 15.6 Å². The Kier molecular flexibility index (Phi) is 4.06. The third kappa shape index (κ3) is 3.25. The highest BCUT2D eigenvalue weighted by Gasteiger charge is 2.27. The molecule has 5 nitrogen and oxygen atoms in total. The summed E-state index contributed by atoms with van der Waals surface area (Å²) in [4.78, 5) is 16.0. The van der Waals surface area contributed by atoms with Gasteiger partial charge < -0.3 is 15.4 Å². The first-order valence-electron chi connectivity index (χ1n) is 5.80. The minimum atomic E-state index is -0.271. The van der Waals surface area contributed by atoms with E-state index in [1.165, 1.54) is 0 Å². The van der Waals surface area contributed by atoms with Gasteiger partial charge in [-0.3, -0.25) is 9.78 Å². The third-order valence-corrected chi connectivity index (χ3v) is 2.77. The topological polar surface area (TPSA) is 63.2 Å². The van der Waals surface area contributed by atoms with Crippen LogP contribution in [0.25, 0.3) is 0 Å². The molecule has 92 valence electrons. The van der Waals surface area contributed by atoms with Crippen molar-refractivity contribution in [3.63, 3.8) is 0 Å². The predicted octanol–water partition coefficient (Wildman–Crippen LogP) is 0.0747. The van der Waals surface area contributed by atoms with Gasteiger partial charge in [-0.1, -0.05) is 6.07 Å². The van der Waals surface area contributed by atoms with Crippen molar-refractivity contribution >= 4 is 5.91 Å². The van der Waals surface area contributed by atoms with E-state index in [-0.39, 0.29) is 18.1 Å². The van der Waals surface area contributed by atoms with Gasteiger partial charge in [-0.15, -0.1) is 0 Å². The van der Waals surface area contributed by atoms with Gasteiger partial charge in [0.25, 0.3) is 0 Å². The monoisotopic (exact) mass is 235 g/mol. The van der Waals surface area contributed by atoms with Crippen molar-refractivity contribution < 1.29 is 9.53 Å². The number of amides is 1. The molecule has 2 N–H and O–H groups in total. The van der Waals surface area contributed by atoms with Crippen LogP contribution < -0.4 is 10.6 Å². The van der Waals surface area contributed by atoms with Gasteiger partial charge in [-0.25, -0.2) is 0 Å². The van der Waals surface area contributed by atoms with Crippen LogP contribution in [0, 0.1) is 0 Å². The van der Waals surface area contributed by atoms with Crippen LogP contribution in [0.3, 0.4) is 0 Å². The van der Waals surface area contributed by atoms with Crippen molar-refractivity contribution in [1.29, 1.82) is 0 Å². The summed E-state index contributed by atoms with van der Waals surface area (Å²) in [5.74, 6) is -0.0390. The lowest BCUT2D eigenvalue weighted by Gasteiger charge is -2.29. The van der Waals surface area contributed by atoms with Crippen LogP contribution in [0.4, 0.5) is 0 Å². The molecular weight excluding hydrogens is 218 g/mol. The second-order valence-corrected chi connectivity index (χ2v) is 4.05. The lowest BCUT2D eigenvalue weighted by molar-refractivity contribution is -0.129. The highest BCUT2D eigenvalue weighted by atomic mass is 16.5. The fourth-order valence-corrected chi connectivity index (χ4v) is 1.82. The third-order valence-electron chi connectivity index (χ3n) is 2.77. The first-order valence-corrected chi connectivity index (χ1v) is 5.80. The molecule has 1 aromatic rings. The highest BCUT2D eigenvalue weighted by Crippen LogP contribution is 2.04. The molecule has 2 heterocycles. The fraction of sp³-hybridized carbons (Fsp3) is 0.500. The molecule has 0 bridgehead atoms.